The monoisotopic (exact) mass is 1230 g/mol. The summed E-state index contributed by atoms with van der Waals surface area (Å²) in [5, 5.41) is 0. The van der Waals surface area contributed by atoms with E-state index in [1.165, 1.54) is 41.8 Å². The Morgan fingerprint density at radius 2 is 0.663 bits per heavy atom. The molecule has 3 saturated heterocycles. The first-order chi connectivity index (χ1) is 42.6. The Labute approximate surface area is 508 Å². The molecule has 12 rings (SSSR count). The van der Waals surface area contributed by atoms with Gasteiger partial charge in [-0.1, -0.05) is 160 Å². The fourth-order valence-electron chi connectivity index (χ4n) is 10.4. The van der Waals surface area contributed by atoms with Crippen LogP contribution in [-0.2, 0) is 23.7 Å². The smallest absolute Gasteiger partial charge is 0.399 e. The molecule has 0 aliphatic carbocycles. The van der Waals surface area contributed by atoms with Gasteiger partial charge in [0.1, 0.15) is 17.5 Å². The minimum Gasteiger partial charge on any atom is -0.399 e. The summed E-state index contributed by atoms with van der Waals surface area (Å²) in [5.41, 5.74) is 9.56. The SMILES string of the molecule is CC1COC(c2ccc(-c3ccc(-c4cc(F)c(F)c(F)c4)c(F)c3)cc2)OC1.CC1COC(c2ccc(-c3ccc(-c4cc(F)c(OC(F)(F)F)c(F)c4)c(F)c3)cc2)OC1.Cc1ccc(-c2ccc(-c3ccc(C4CCC(C)CO4)cc3)cc2F)cc1. The maximum absolute atomic E-state index is 14.8. The summed E-state index contributed by atoms with van der Waals surface area (Å²) in [4.78, 5) is 0. The van der Waals surface area contributed by atoms with Crippen molar-refractivity contribution in [3.05, 3.63) is 245 Å². The van der Waals surface area contributed by atoms with Gasteiger partial charge in [0.2, 0.25) is 5.75 Å². The highest BCUT2D eigenvalue weighted by atomic mass is 19.4. The molecule has 17 heteroatoms. The summed E-state index contributed by atoms with van der Waals surface area (Å²) in [7, 11) is 0. The Balaban J connectivity index is 0.000000148. The Morgan fingerprint density at radius 3 is 1.02 bits per heavy atom. The average Bonchev–Trinajstić information content (AvgIpc) is 1.76. The Morgan fingerprint density at radius 1 is 0.337 bits per heavy atom. The summed E-state index contributed by atoms with van der Waals surface area (Å²) >= 11 is 0. The van der Waals surface area contributed by atoms with E-state index < -0.39 is 65.4 Å². The number of rotatable bonds is 10. The minimum atomic E-state index is -5.26. The van der Waals surface area contributed by atoms with Crippen LogP contribution in [0, 0.1) is 71.2 Å². The number of alkyl halides is 3. The number of benzene rings is 9. The van der Waals surface area contributed by atoms with E-state index in [9.17, 15) is 48.3 Å². The van der Waals surface area contributed by atoms with Crippen LogP contribution in [-0.4, -0.2) is 39.4 Å². The normalized spacial score (nSPS) is 19.3. The average molecular weight is 1230 g/mol. The van der Waals surface area contributed by atoms with E-state index in [4.69, 9.17) is 23.7 Å². The fourth-order valence-corrected chi connectivity index (χ4v) is 10.4. The Hall–Kier alpha value is -8.19. The lowest BCUT2D eigenvalue weighted by molar-refractivity contribution is -0.276. The largest absolute Gasteiger partial charge is 0.573 e. The second kappa shape index (κ2) is 28.1. The van der Waals surface area contributed by atoms with Gasteiger partial charge in [0, 0.05) is 46.3 Å². The van der Waals surface area contributed by atoms with E-state index in [0.29, 0.717) is 78.6 Å². The Kier molecular flexibility index (Phi) is 20.2. The fraction of sp³-hybridized carbons (Fsp3) is 0.250. The van der Waals surface area contributed by atoms with Gasteiger partial charge >= 0.3 is 6.36 Å². The van der Waals surface area contributed by atoms with Crippen molar-refractivity contribution in [2.45, 2.75) is 65.6 Å². The predicted octanol–water partition coefficient (Wildman–Crippen LogP) is 20.2. The van der Waals surface area contributed by atoms with Crippen LogP contribution < -0.4 is 4.74 Å². The molecule has 0 radical (unpaired) electrons. The maximum atomic E-state index is 14.8. The van der Waals surface area contributed by atoms with Crippen molar-refractivity contribution in [1.29, 1.82) is 0 Å². The lowest BCUT2D eigenvalue weighted by Gasteiger charge is -2.27. The molecule has 0 spiro atoms. The van der Waals surface area contributed by atoms with E-state index in [2.05, 4.69) is 35.9 Å². The summed E-state index contributed by atoms with van der Waals surface area (Å²) in [6.45, 7) is 11.6. The molecule has 2 unspecified atom stereocenters. The molecule has 3 heterocycles. The van der Waals surface area contributed by atoms with Crippen LogP contribution in [0.3, 0.4) is 0 Å². The van der Waals surface area contributed by atoms with Gasteiger partial charge in [-0.25, -0.2) is 35.1 Å². The molecular formula is C72H61F11O6. The van der Waals surface area contributed by atoms with Gasteiger partial charge < -0.3 is 28.4 Å². The molecule has 0 bridgehead atoms. The predicted molar refractivity (Wildman–Crippen MR) is 318 cm³/mol. The van der Waals surface area contributed by atoms with Crippen LogP contribution in [0.15, 0.2) is 176 Å². The molecule has 2 atom stereocenters. The van der Waals surface area contributed by atoms with Crippen molar-refractivity contribution >= 4 is 0 Å². The van der Waals surface area contributed by atoms with E-state index in [-0.39, 0.29) is 34.2 Å². The van der Waals surface area contributed by atoms with Crippen molar-refractivity contribution in [3.8, 4) is 72.5 Å². The number of aryl methyl sites for hydroxylation is 1. The third-order valence-electron chi connectivity index (χ3n) is 15.4. The molecule has 0 amide bonds. The maximum Gasteiger partial charge on any atom is 0.573 e. The number of hydrogen-bond acceptors (Lipinski definition) is 6. The molecule has 89 heavy (non-hydrogen) atoms. The lowest BCUT2D eigenvalue weighted by Crippen LogP contribution is -2.24. The second-order valence-electron chi connectivity index (χ2n) is 22.6. The van der Waals surface area contributed by atoms with Gasteiger partial charge in [0.15, 0.2) is 41.7 Å². The third kappa shape index (κ3) is 16.0. The quantitative estimate of drug-likeness (QED) is 0.100. The highest BCUT2D eigenvalue weighted by molar-refractivity contribution is 5.74. The molecule has 6 nitrogen and oxygen atoms in total. The van der Waals surface area contributed by atoms with Gasteiger partial charge in [-0.15, -0.1) is 13.2 Å². The third-order valence-corrected chi connectivity index (χ3v) is 15.4. The molecule has 0 N–H and O–H groups in total. The topological polar surface area (TPSA) is 55.4 Å². The molecule has 3 fully saturated rings. The molecule has 462 valence electrons. The van der Waals surface area contributed by atoms with Crippen LogP contribution >= 0.6 is 0 Å². The van der Waals surface area contributed by atoms with E-state index in [0.717, 1.165) is 58.5 Å². The number of ether oxygens (including phenoxy) is 6. The first-order valence-corrected chi connectivity index (χ1v) is 28.9. The van der Waals surface area contributed by atoms with Crippen molar-refractivity contribution in [1.82, 2.24) is 0 Å². The molecule has 0 aromatic heterocycles. The van der Waals surface area contributed by atoms with Crippen LogP contribution in [0.4, 0.5) is 48.3 Å². The van der Waals surface area contributed by atoms with Crippen LogP contribution in [0.2, 0.25) is 0 Å². The zero-order valence-electron chi connectivity index (χ0n) is 48.8. The van der Waals surface area contributed by atoms with Crippen molar-refractivity contribution in [3.63, 3.8) is 0 Å². The van der Waals surface area contributed by atoms with Crippen molar-refractivity contribution < 1.29 is 76.7 Å². The van der Waals surface area contributed by atoms with Gasteiger partial charge in [0.05, 0.1) is 32.5 Å². The molecule has 0 saturated carbocycles. The minimum absolute atomic E-state index is 0.0127. The molecule has 3 aliphatic rings. The molecule has 9 aromatic rings. The summed E-state index contributed by atoms with van der Waals surface area (Å²) in [6, 6.07) is 47.3. The number of halogens is 11. The molecule has 9 aromatic carbocycles. The standard InChI is InChI=1S/C25H25FO.C24H18F6O3.C23H18F4O2/c1-17-3-6-20(7-4-17)23-13-12-22(15-24(23)26)19-8-10-21(11-9-19)25-14-5-18(2)16-27-25;1-13-11-31-23(32-12-13)15-4-2-14(3-5-15)16-6-7-18(19(25)8-16)17-9-20(26)22(21(27)10-17)33-24(28,29)30;1-13-11-28-23(29-12-13)15-4-2-14(3-5-15)16-6-7-18(19(24)8-16)17-9-20(25)22(27)21(26)10-17/h3-4,6-13,15,18,25H,5,14,16H2,1-2H3;2-10,13,23H,11-12H2,1H3;2-10,13,23H,11-12H2,1H3. The summed E-state index contributed by atoms with van der Waals surface area (Å²) in [5.74, 6) is -9.41. The first kappa shape index (κ1) is 63.8. The van der Waals surface area contributed by atoms with Crippen molar-refractivity contribution in [2.75, 3.05) is 33.0 Å². The second-order valence-corrected chi connectivity index (χ2v) is 22.6. The van der Waals surface area contributed by atoms with Crippen molar-refractivity contribution in [2.24, 2.45) is 17.8 Å². The van der Waals surface area contributed by atoms with Crippen LogP contribution in [0.25, 0.3) is 66.8 Å². The van der Waals surface area contributed by atoms with Gasteiger partial charge in [-0.05, 0) is 124 Å². The zero-order chi connectivity index (χ0) is 63.1. The molecular weight excluding hydrogens is 1170 g/mol. The van der Waals surface area contributed by atoms with Gasteiger partial charge in [-0.2, -0.15) is 0 Å². The van der Waals surface area contributed by atoms with Gasteiger partial charge in [-0.3, -0.25) is 0 Å². The van der Waals surface area contributed by atoms with E-state index in [1.807, 2.05) is 81.4 Å². The summed E-state index contributed by atoms with van der Waals surface area (Å²) < 4.78 is 181. The zero-order valence-corrected chi connectivity index (χ0v) is 48.8. The lowest BCUT2D eigenvalue weighted by atomic mass is 9.94. The van der Waals surface area contributed by atoms with E-state index >= 15 is 0 Å². The highest BCUT2D eigenvalue weighted by Gasteiger charge is 2.34. The van der Waals surface area contributed by atoms with Crippen LogP contribution in [0.5, 0.6) is 5.75 Å². The van der Waals surface area contributed by atoms with Crippen LogP contribution in [0.1, 0.15) is 74.6 Å². The first-order valence-electron chi connectivity index (χ1n) is 28.9. The Bertz CT molecular complexity index is 3830. The molecule has 3 aliphatic heterocycles. The summed E-state index contributed by atoms with van der Waals surface area (Å²) in [6.07, 6.45) is -3.68. The van der Waals surface area contributed by atoms with E-state index in [1.54, 1.807) is 42.5 Å². The number of hydrogen-bond donors (Lipinski definition) is 0. The van der Waals surface area contributed by atoms with Gasteiger partial charge in [0.25, 0.3) is 0 Å². The highest BCUT2D eigenvalue weighted by Crippen LogP contribution is 2.38.